The average Bonchev–Trinajstić information content (AvgIpc) is 2.53. The van der Waals surface area contributed by atoms with Gasteiger partial charge in [-0.3, -0.25) is 0 Å². The lowest BCUT2D eigenvalue weighted by atomic mass is 10.1. The van der Waals surface area contributed by atoms with E-state index in [1.54, 1.807) is 0 Å². The Morgan fingerprint density at radius 1 is 1.47 bits per heavy atom. The highest BCUT2D eigenvalue weighted by Gasteiger charge is 2.18. The molecule has 1 atom stereocenters. The Labute approximate surface area is 91.6 Å². The molecule has 1 aromatic carbocycles. The van der Waals surface area contributed by atoms with Crippen LogP contribution in [0.4, 0.5) is 0 Å². The van der Waals surface area contributed by atoms with Gasteiger partial charge in [0.15, 0.2) is 0 Å². The monoisotopic (exact) mass is 205 g/mol. The first-order valence-corrected chi connectivity index (χ1v) is 5.67. The molecular weight excluding hydrogens is 186 g/mol. The molecule has 1 aromatic rings. The summed E-state index contributed by atoms with van der Waals surface area (Å²) in [4.78, 5) is 0. The second kappa shape index (κ2) is 4.23. The minimum atomic E-state index is 0.341. The number of hydrogen-bond acceptors (Lipinski definition) is 2. The highest BCUT2D eigenvalue weighted by Crippen LogP contribution is 2.29. The van der Waals surface area contributed by atoms with Gasteiger partial charge in [-0.25, -0.2) is 0 Å². The topological polar surface area (TPSA) is 21.3 Å². The fourth-order valence-corrected chi connectivity index (χ4v) is 1.91. The summed E-state index contributed by atoms with van der Waals surface area (Å²) in [5.74, 6) is 1.07. The molecule has 0 bridgehead atoms. The van der Waals surface area contributed by atoms with Gasteiger partial charge in [0, 0.05) is 19.0 Å². The van der Waals surface area contributed by atoms with Gasteiger partial charge in [0.2, 0.25) is 0 Å². The van der Waals surface area contributed by atoms with Crippen molar-refractivity contribution in [1.82, 2.24) is 5.32 Å². The predicted molar refractivity (Wildman–Crippen MR) is 62.2 cm³/mol. The van der Waals surface area contributed by atoms with Crippen LogP contribution in [0.1, 0.15) is 31.9 Å². The van der Waals surface area contributed by atoms with Crippen molar-refractivity contribution >= 4 is 0 Å². The molecule has 15 heavy (non-hydrogen) atoms. The number of benzene rings is 1. The molecule has 0 spiro atoms. The lowest BCUT2D eigenvalue weighted by Gasteiger charge is -2.08. The van der Waals surface area contributed by atoms with E-state index in [2.05, 4.69) is 44.3 Å². The number of rotatable bonds is 3. The van der Waals surface area contributed by atoms with Crippen molar-refractivity contribution in [2.45, 2.75) is 45.9 Å². The average molecular weight is 205 g/mol. The first-order valence-electron chi connectivity index (χ1n) is 5.67. The third-order valence-corrected chi connectivity index (χ3v) is 2.67. The highest BCUT2D eigenvalue weighted by molar-refractivity contribution is 5.40. The Balaban J connectivity index is 2.06. The summed E-state index contributed by atoms with van der Waals surface area (Å²) in [6, 6.07) is 7.03. The van der Waals surface area contributed by atoms with E-state index in [0.29, 0.717) is 12.1 Å². The van der Waals surface area contributed by atoms with Crippen molar-refractivity contribution in [3.8, 4) is 5.75 Å². The number of nitrogens with one attached hydrogen (secondary N) is 1. The van der Waals surface area contributed by atoms with Gasteiger partial charge >= 0.3 is 0 Å². The van der Waals surface area contributed by atoms with Crippen LogP contribution in [0.15, 0.2) is 18.2 Å². The van der Waals surface area contributed by atoms with E-state index in [-0.39, 0.29) is 0 Å². The van der Waals surface area contributed by atoms with Gasteiger partial charge in [-0.1, -0.05) is 26.0 Å². The Morgan fingerprint density at radius 3 is 3.00 bits per heavy atom. The standard InChI is InChI=1S/C13H19NO/c1-9(2)14-8-11-4-5-13-12(7-11)6-10(3)15-13/h4-5,7,9-10,14H,6,8H2,1-3H3. The smallest absolute Gasteiger partial charge is 0.123 e. The van der Waals surface area contributed by atoms with Crippen molar-refractivity contribution in [2.75, 3.05) is 0 Å². The van der Waals surface area contributed by atoms with Gasteiger partial charge in [-0.2, -0.15) is 0 Å². The first-order chi connectivity index (χ1) is 7.15. The van der Waals surface area contributed by atoms with Gasteiger partial charge in [-0.05, 0) is 24.1 Å². The van der Waals surface area contributed by atoms with E-state index in [1.165, 1.54) is 11.1 Å². The molecule has 1 unspecified atom stereocenters. The van der Waals surface area contributed by atoms with E-state index >= 15 is 0 Å². The summed E-state index contributed by atoms with van der Waals surface area (Å²) in [7, 11) is 0. The Morgan fingerprint density at radius 2 is 2.27 bits per heavy atom. The molecule has 0 radical (unpaired) electrons. The minimum absolute atomic E-state index is 0.341. The van der Waals surface area contributed by atoms with Crippen LogP contribution in [-0.4, -0.2) is 12.1 Å². The van der Waals surface area contributed by atoms with E-state index in [1.807, 2.05) is 0 Å². The molecule has 1 heterocycles. The quantitative estimate of drug-likeness (QED) is 0.818. The number of hydrogen-bond donors (Lipinski definition) is 1. The maximum absolute atomic E-state index is 5.67. The fraction of sp³-hybridized carbons (Fsp3) is 0.538. The van der Waals surface area contributed by atoms with Crippen LogP contribution in [0, 0.1) is 0 Å². The number of fused-ring (bicyclic) bond motifs is 1. The largest absolute Gasteiger partial charge is 0.490 e. The molecule has 0 amide bonds. The van der Waals surface area contributed by atoms with E-state index < -0.39 is 0 Å². The Kier molecular flexibility index (Phi) is 2.96. The van der Waals surface area contributed by atoms with Crippen molar-refractivity contribution in [3.05, 3.63) is 29.3 Å². The Bertz CT molecular complexity index is 346. The van der Waals surface area contributed by atoms with E-state index in [9.17, 15) is 0 Å². The third-order valence-electron chi connectivity index (χ3n) is 2.67. The highest BCUT2D eigenvalue weighted by atomic mass is 16.5. The zero-order valence-electron chi connectivity index (χ0n) is 9.71. The van der Waals surface area contributed by atoms with Crippen LogP contribution >= 0.6 is 0 Å². The second-order valence-electron chi connectivity index (χ2n) is 4.61. The molecule has 1 aliphatic heterocycles. The summed E-state index contributed by atoms with van der Waals surface area (Å²) in [5.41, 5.74) is 2.70. The molecule has 82 valence electrons. The Hall–Kier alpha value is -1.02. The van der Waals surface area contributed by atoms with E-state index in [4.69, 9.17) is 4.74 Å². The molecule has 0 saturated carbocycles. The molecule has 0 saturated heterocycles. The number of ether oxygens (including phenoxy) is 1. The normalized spacial score (nSPS) is 19.1. The summed E-state index contributed by atoms with van der Waals surface area (Å²) in [5, 5.41) is 3.42. The summed E-state index contributed by atoms with van der Waals surface area (Å²) >= 11 is 0. The molecule has 2 rings (SSSR count). The molecule has 0 aromatic heterocycles. The zero-order valence-corrected chi connectivity index (χ0v) is 9.71. The van der Waals surface area contributed by atoms with Crippen LogP contribution in [0.25, 0.3) is 0 Å². The molecule has 0 fully saturated rings. The second-order valence-corrected chi connectivity index (χ2v) is 4.61. The maximum Gasteiger partial charge on any atom is 0.123 e. The van der Waals surface area contributed by atoms with Crippen molar-refractivity contribution in [2.24, 2.45) is 0 Å². The summed E-state index contributed by atoms with van der Waals surface area (Å²) < 4.78 is 5.67. The summed E-state index contributed by atoms with van der Waals surface area (Å²) in [6.45, 7) is 7.39. The van der Waals surface area contributed by atoms with Crippen LogP contribution in [0.2, 0.25) is 0 Å². The van der Waals surface area contributed by atoms with Crippen LogP contribution < -0.4 is 10.1 Å². The van der Waals surface area contributed by atoms with E-state index in [0.717, 1.165) is 18.7 Å². The van der Waals surface area contributed by atoms with Gasteiger partial charge < -0.3 is 10.1 Å². The molecule has 0 aliphatic carbocycles. The van der Waals surface area contributed by atoms with Crippen LogP contribution in [-0.2, 0) is 13.0 Å². The molecule has 2 nitrogen and oxygen atoms in total. The van der Waals surface area contributed by atoms with Gasteiger partial charge in [-0.15, -0.1) is 0 Å². The van der Waals surface area contributed by atoms with Gasteiger partial charge in [0.1, 0.15) is 11.9 Å². The van der Waals surface area contributed by atoms with Gasteiger partial charge in [0.05, 0.1) is 0 Å². The zero-order chi connectivity index (χ0) is 10.8. The van der Waals surface area contributed by atoms with Crippen molar-refractivity contribution in [1.29, 1.82) is 0 Å². The predicted octanol–water partition coefficient (Wildman–Crippen LogP) is 2.51. The van der Waals surface area contributed by atoms with Gasteiger partial charge in [0.25, 0.3) is 0 Å². The first kappa shape index (κ1) is 10.5. The minimum Gasteiger partial charge on any atom is -0.490 e. The molecule has 1 N–H and O–H groups in total. The fourth-order valence-electron chi connectivity index (χ4n) is 1.91. The third kappa shape index (κ3) is 2.51. The SMILES string of the molecule is CC(C)NCc1ccc2c(c1)CC(C)O2. The lowest BCUT2D eigenvalue weighted by molar-refractivity contribution is 0.254. The lowest BCUT2D eigenvalue weighted by Crippen LogP contribution is -2.21. The van der Waals surface area contributed by atoms with Crippen molar-refractivity contribution in [3.63, 3.8) is 0 Å². The molecular formula is C13H19NO. The molecule has 1 aliphatic rings. The summed E-state index contributed by atoms with van der Waals surface area (Å²) in [6.07, 6.45) is 1.39. The maximum atomic E-state index is 5.67. The molecule has 2 heteroatoms. The van der Waals surface area contributed by atoms with Crippen LogP contribution in [0.3, 0.4) is 0 Å². The van der Waals surface area contributed by atoms with Crippen molar-refractivity contribution < 1.29 is 4.74 Å². The van der Waals surface area contributed by atoms with Crippen LogP contribution in [0.5, 0.6) is 5.75 Å².